The zero-order valence-corrected chi connectivity index (χ0v) is 14.6. The first-order valence-electron chi connectivity index (χ1n) is 7.49. The highest BCUT2D eigenvalue weighted by Gasteiger charge is 2.10. The van der Waals surface area contributed by atoms with Crippen molar-refractivity contribution in [3.05, 3.63) is 47.5 Å². The maximum atomic E-state index is 12.1. The number of carbonyl (C=O) groups excluding carboxylic acids is 1. The van der Waals surface area contributed by atoms with Crippen LogP contribution in [-0.2, 0) is 4.79 Å². The van der Waals surface area contributed by atoms with Crippen molar-refractivity contribution < 1.29 is 14.3 Å². The number of amides is 1. The monoisotopic (exact) mass is 342 g/mol. The average molecular weight is 342 g/mol. The van der Waals surface area contributed by atoms with E-state index in [1.807, 2.05) is 50.2 Å². The molecule has 1 amide bonds. The first kappa shape index (κ1) is 16.3. The molecule has 6 heteroatoms. The third kappa shape index (κ3) is 3.65. The van der Waals surface area contributed by atoms with Crippen molar-refractivity contribution in [3.8, 4) is 11.5 Å². The summed E-state index contributed by atoms with van der Waals surface area (Å²) in [5.41, 5.74) is 2.92. The lowest BCUT2D eigenvalue weighted by atomic mass is 10.1. The lowest BCUT2D eigenvalue weighted by Crippen LogP contribution is -2.20. The topological polar surface area (TPSA) is 60.5 Å². The van der Waals surface area contributed by atoms with Gasteiger partial charge in [-0.2, -0.15) is 0 Å². The highest BCUT2D eigenvalue weighted by atomic mass is 32.1. The number of aromatic nitrogens is 1. The minimum Gasteiger partial charge on any atom is -0.497 e. The van der Waals surface area contributed by atoms with E-state index >= 15 is 0 Å². The predicted octanol–water partition coefficient (Wildman–Crippen LogP) is 3.94. The van der Waals surface area contributed by atoms with Gasteiger partial charge in [0.25, 0.3) is 5.91 Å². The predicted molar refractivity (Wildman–Crippen MR) is 96.2 cm³/mol. The van der Waals surface area contributed by atoms with E-state index in [1.54, 1.807) is 7.11 Å². The average Bonchev–Trinajstić information content (AvgIpc) is 2.96. The van der Waals surface area contributed by atoms with Gasteiger partial charge in [0.2, 0.25) is 0 Å². The van der Waals surface area contributed by atoms with Gasteiger partial charge in [0.1, 0.15) is 11.5 Å². The number of anilines is 1. The summed E-state index contributed by atoms with van der Waals surface area (Å²) < 4.78 is 11.8. The Bertz CT molecular complexity index is 889. The van der Waals surface area contributed by atoms with Crippen LogP contribution in [0.2, 0.25) is 0 Å². The van der Waals surface area contributed by atoms with Crippen LogP contribution in [0.3, 0.4) is 0 Å². The van der Waals surface area contributed by atoms with Crippen LogP contribution < -0.4 is 14.8 Å². The molecule has 1 N–H and O–H groups in total. The van der Waals surface area contributed by atoms with Gasteiger partial charge in [-0.25, -0.2) is 4.98 Å². The van der Waals surface area contributed by atoms with Crippen molar-refractivity contribution in [1.82, 2.24) is 4.98 Å². The number of hydrogen-bond donors (Lipinski definition) is 1. The van der Waals surface area contributed by atoms with Gasteiger partial charge in [-0.3, -0.25) is 10.1 Å². The minimum atomic E-state index is -0.234. The molecule has 3 rings (SSSR count). The van der Waals surface area contributed by atoms with Gasteiger partial charge < -0.3 is 9.47 Å². The standard InChI is InChI=1S/C18H18N2O3S/c1-11-4-5-12(2)15(8-11)23-10-17(21)20-18-19-14-7-6-13(22-3)9-16(14)24-18/h4-9H,10H2,1-3H3,(H,19,20,21). The molecule has 0 radical (unpaired) electrons. The van der Waals surface area contributed by atoms with Crippen molar-refractivity contribution in [2.24, 2.45) is 0 Å². The molecular weight excluding hydrogens is 324 g/mol. The molecule has 2 aromatic carbocycles. The summed E-state index contributed by atoms with van der Waals surface area (Å²) in [7, 11) is 1.62. The Morgan fingerprint density at radius 1 is 1.21 bits per heavy atom. The van der Waals surface area contributed by atoms with Gasteiger partial charge in [0.15, 0.2) is 11.7 Å². The number of thiazole rings is 1. The SMILES string of the molecule is COc1ccc2nc(NC(=O)COc3cc(C)ccc3C)sc2c1. The molecule has 3 aromatic rings. The van der Waals surface area contributed by atoms with Gasteiger partial charge in [-0.15, -0.1) is 0 Å². The summed E-state index contributed by atoms with van der Waals surface area (Å²) in [6.07, 6.45) is 0. The molecule has 0 aliphatic heterocycles. The molecule has 124 valence electrons. The van der Waals surface area contributed by atoms with Crippen molar-refractivity contribution in [2.45, 2.75) is 13.8 Å². The number of aryl methyl sites for hydroxylation is 2. The lowest BCUT2D eigenvalue weighted by Gasteiger charge is -2.09. The van der Waals surface area contributed by atoms with Gasteiger partial charge in [0.05, 0.1) is 17.3 Å². The van der Waals surface area contributed by atoms with Crippen LogP contribution in [-0.4, -0.2) is 24.6 Å². The van der Waals surface area contributed by atoms with E-state index < -0.39 is 0 Å². The van der Waals surface area contributed by atoms with Gasteiger partial charge in [0, 0.05) is 0 Å². The van der Waals surface area contributed by atoms with Crippen LogP contribution >= 0.6 is 11.3 Å². The molecule has 0 bridgehead atoms. The highest BCUT2D eigenvalue weighted by Crippen LogP contribution is 2.29. The van der Waals surface area contributed by atoms with Crippen molar-refractivity contribution in [1.29, 1.82) is 0 Å². The van der Waals surface area contributed by atoms with Gasteiger partial charge >= 0.3 is 0 Å². The van der Waals surface area contributed by atoms with Crippen LogP contribution in [0.25, 0.3) is 10.2 Å². The largest absolute Gasteiger partial charge is 0.497 e. The normalized spacial score (nSPS) is 10.6. The fourth-order valence-electron chi connectivity index (χ4n) is 2.25. The first-order chi connectivity index (χ1) is 11.5. The van der Waals surface area contributed by atoms with Crippen LogP contribution in [0.15, 0.2) is 36.4 Å². The van der Waals surface area contributed by atoms with E-state index in [0.717, 1.165) is 32.8 Å². The summed E-state index contributed by atoms with van der Waals surface area (Å²) in [5.74, 6) is 1.25. The molecule has 0 atom stereocenters. The number of fused-ring (bicyclic) bond motifs is 1. The van der Waals surface area contributed by atoms with E-state index in [2.05, 4.69) is 10.3 Å². The third-order valence-corrected chi connectivity index (χ3v) is 4.48. The van der Waals surface area contributed by atoms with Crippen molar-refractivity contribution >= 4 is 32.6 Å². The van der Waals surface area contributed by atoms with Crippen LogP contribution in [0.4, 0.5) is 5.13 Å². The maximum Gasteiger partial charge on any atom is 0.264 e. The highest BCUT2D eigenvalue weighted by molar-refractivity contribution is 7.22. The molecule has 24 heavy (non-hydrogen) atoms. The number of ether oxygens (including phenoxy) is 2. The summed E-state index contributed by atoms with van der Waals surface area (Å²) in [6.45, 7) is 3.89. The number of nitrogens with zero attached hydrogens (tertiary/aromatic N) is 1. The number of benzene rings is 2. The second-order valence-corrected chi connectivity index (χ2v) is 6.49. The minimum absolute atomic E-state index is 0.0520. The van der Waals surface area contributed by atoms with E-state index in [0.29, 0.717) is 5.13 Å². The molecule has 0 unspecified atom stereocenters. The Hall–Kier alpha value is -2.60. The van der Waals surface area contributed by atoms with Gasteiger partial charge in [-0.05, 0) is 49.2 Å². The van der Waals surface area contributed by atoms with Crippen LogP contribution in [0.1, 0.15) is 11.1 Å². The molecule has 0 aliphatic rings. The van der Waals surface area contributed by atoms with Crippen molar-refractivity contribution in [2.75, 3.05) is 19.0 Å². The third-order valence-electron chi connectivity index (χ3n) is 3.54. The molecule has 0 spiro atoms. The van der Waals surface area contributed by atoms with Crippen LogP contribution in [0.5, 0.6) is 11.5 Å². The fraction of sp³-hybridized carbons (Fsp3) is 0.222. The Morgan fingerprint density at radius 2 is 2.04 bits per heavy atom. The van der Waals surface area contributed by atoms with Gasteiger partial charge in [-0.1, -0.05) is 23.5 Å². The molecule has 0 aliphatic carbocycles. The first-order valence-corrected chi connectivity index (χ1v) is 8.31. The fourth-order valence-corrected chi connectivity index (χ4v) is 3.16. The molecule has 0 saturated carbocycles. The summed E-state index contributed by atoms with van der Waals surface area (Å²) >= 11 is 1.40. The number of methoxy groups -OCH3 is 1. The molecule has 1 heterocycles. The number of hydrogen-bond acceptors (Lipinski definition) is 5. The van der Waals surface area contributed by atoms with Crippen molar-refractivity contribution in [3.63, 3.8) is 0 Å². The van der Waals surface area contributed by atoms with E-state index in [4.69, 9.17) is 9.47 Å². The molecular formula is C18H18N2O3S. The Kier molecular flexibility index (Phi) is 4.66. The zero-order chi connectivity index (χ0) is 17.1. The Labute approximate surface area is 144 Å². The Balaban J connectivity index is 1.65. The smallest absolute Gasteiger partial charge is 0.264 e. The van der Waals surface area contributed by atoms with E-state index in [-0.39, 0.29) is 12.5 Å². The zero-order valence-electron chi connectivity index (χ0n) is 13.8. The number of rotatable bonds is 5. The molecule has 5 nitrogen and oxygen atoms in total. The quantitative estimate of drug-likeness (QED) is 0.763. The second-order valence-electron chi connectivity index (χ2n) is 5.46. The Morgan fingerprint density at radius 3 is 2.83 bits per heavy atom. The molecule has 0 saturated heterocycles. The van der Waals surface area contributed by atoms with E-state index in [9.17, 15) is 4.79 Å². The van der Waals surface area contributed by atoms with E-state index in [1.165, 1.54) is 11.3 Å². The number of nitrogens with one attached hydrogen (secondary N) is 1. The summed E-state index contributed by atoms with van der Waals surface area (Å²) in [6, 6.07) is 11.5. The second kappa shape index (κ2) is 6.88. The summed E-state index contributed by atoms with van der Waals surface area (Å²) in [5, 5.41) is 3.32. The summed E-state index contributed by atoms with van der Waals surface area (Å²) in [4.78, 5) is 16.5. The maximum absolute atomic E-state index is 12.1. The lowest BCUT2D eigenvalue weighted by molar-refractivity contribution is -0.118. The number of carbonyl (C=O) groups is 1. The molecule has 1 aromatic heterocycles. The molecule has 0 fully saturated rings. The van der Waals surface area contributed by atoms with Crippen LogP contribution in [0, 0.1) is 13.8 Å².